The third kappa shape index (κ3) is 3.33. The van der Waals surface area contributed by atoms with Crippen molar-refractivity contribution in [3.63, 3.8) is 0 Å². The summed E-state index contributed by atoms with van der Waals surface area (Å²) in [6, 6.07) is 0. The molecule has 0 aliphatic heterocycles. The van der Waals surface area contributed by atoms with Gasteiger partial charge in [-0.1, -0.05) is 6.58 Å². The average Bonchev–Trinajstić information content (AvgIpc) is 1.68. The van der Waals surface area contributed by atoms with E-state index in [1.807, 2.05) is 0 Å². The second-order valence-electron chi connectivity index (χ2n) is 1.30. The summed E-state index contributed by atoms with van der Waals surface area (Å²) < 4.78 is 4.70. The second kappa shape index (κ2) is 3.68. The van der Waals surface area contributed by atoms with Crippen molar-refractivity contribution in [2.24, 2.45) is 0 Å². The summed E-state index contributed by atoms with van der Waals surface area (Å²) in [6.45, 7) is 5.13. The maximum absolute atomic E-state index is 8.29. The van der Waals surface area contributed by atoms with Crippen LogP contribution in [-0.4, -0.2) is 17.8 Å². The van der Waals surface area contributed by atoms with Gasteiger partial charge in [-0.25, -0.2) is 0 Å². The molecule has 0 aromatic rings. The molecule has 2 heteroatoms. The summed E-state index contributed by atoms with van der Waals surface area (Å²) in [5, 5.41) is 8.29. The molecule has 1 atom stereocenters. The van der Waals surface area contributed by atoms with E-state index in [1.54, 1.807) is 6.92 Å². The number of aliphatic hydroxyl groups is 1. The zero-order valence-electron chi connectivity index (χ0n) is 4.42. The molecule has 0 spiro atoms. The van der Waals surface area contributed by atoms with Crippen molar-refractivity contribution in [3.05, 3.63) is 12.8 Å². The normalized spacial score (nSPS) is 12.9. The number of rotatable bonds is 3. The molecule has 0 amide bonds. The highest BCUT2D eigenvalue weighted by molar-refractivity contribution is 4.53. The van der Waals surface area contributed by atoms with E-state index in [0.29, 0.717) is 0 Å². The van der Waals surface area contributed by atoms with Crippen LogP contribution in [0.4, 0.5) is 0 Å². The molecule has 0 aromatic heterocycles. The van der Waals surface area contributed by atoms with Gasteiger partial charge in [0.25, 0.3) is 0 Å². The molecule has 2 nitrogen and oxygen atoms in total. The minimum Gasteiger partial charge on any atom is -0.497 e. The van der Waals surface area contributed by atoms with Crippen molar-refractivity contribution < 1.29 is 9.84 Å². The molecule has 7 heavy (non-hydrogen) atoms. The van der Waals surface area contributed by atoms with E-state index in [4.69, 9.17) is 9.84 Å². The fourth-order valence-corrected chi connectivity index (χ4v) is 0.207. The Morgan fingerprint density at radius 1 is 2.00 bits per heavy atom. The van der Waals surface area contributed by atoms with E-state index in [-0.39, 0.29) is 12.7 Å². The van der Waals surface area contributed by atoms with Crippen LogP contribution >= 0.6 is 0 Å². The predicted molar refractivity (Wildman–Crippen MR) is 27.8 cm³/mol. The van der Waals surface area contributed by atoms with Gasteiger partial charge < -0.3 is 9.84 Å². The third-order valence-electron chi connectivity index (χ3n) is 0.586. The first-order valence-electron chi connectivity index (χ1n) is 2.18. The van der Waals surface area contributed by atoms with Gasteiger partial charge >= 0.3 is 0 Å². The molecule has 0 aliphatic rings. The highest BCUT2D eigenvalue weighted by Gasteiger charge is 1.91. The summed E-state index contributed by atoms with van der Waals surface area (Å²) >= 11 is 0. The van der Waals surface area contributed by atoms with E-state index in [2.05, 4.69) is 6.58 Å². The number of hydrogen-bond acceptors (Lipinski definition) is 2. The van der Waals surface area contributed by atoms with E-state index >= 15 is 0 Å². The standard InChI is InChI=1S/C5H10O2/c1-3-7-5(2)4-6/h3,5-6H,1,4H2,2H3. The molecule has 0 heterocycles. The maximum Gasteiger partial charge on any atom is 0.118 e. The van der Waals surface area contributed by atoms with Crippen LogP contribution in [0.1, 0.15) is 6.92 Å². The Balaban J connectivity index is 2.98. The molecule has 0 radical (unpaired) electrons. The van der Waals surface area contributed by atoms with Crippen molar-refractivity contribution in [3.8, 4) is 0 Å². The second-order valence-corrected chi connectivity index (χ2v) is 1.30. The van der Waals surface area contributed by atoms with Crippen LogP contribution < -0.4 is 0 Å². The Bertz CT molecular complexity index is 52.0. The fraction of sp³-hybridized carbons (Fsp3) is 0.600. The first kappa shape index (κ1) is 6.50. The maximum atomic E-state index is 8.29. The highest BCUT2D eigenvalue weighted by atomic mass is 16.5. The van der Waals surface area contributed by atoms with Crippen LogP contribution in [0, 0.1) is 0 Å². The van der Waals surface area contributed by atoms with Crippen molar-refractivity contribution >= 4 is 0 Å². The van der Waals surface area contributed by atoms with Crippen molar-refractivity contribution in [1.29, 1.82) is 0 Å². The molecule has 1 unspecified atom stereocenters. The molecule has 0 rings (SSSR count). The molecule has 0 saturated carbocycles. The summed E-state index contributed by atoms with van der Waals surface area (Å²) in [5.74, 6) is 0. The van der Waals surface area contributed by atoms with Gasteiger partial charge in [0.2, 0.25) is 0 Å². The van der Waals surface area contributed by atoms with Crippen LogP contribution in [-0.2, 0) is 4.74 Å². The smallest absolute Gasteiger partial charge is 0.118 e. The molecule has 0 saturated heterocycles. The first-order valence-corrected chi connectivity index (χ1v) is 2.18. The van der Waals surface area contributed by atoms with Crippen molar-refractivity contribution in [1.82, 2.24) is 0 Å². The third-order valence-corrected chi connectivity index (χ3v) is 0.586. The van der Waals surface area contributed by atoms with Crippen molar-refractivity contribution in [2.75, 3.05) is 6.61 Å². The van der Waals surface area contributed by atoms with E-state index in [1.165, 1.54) is 6.26 Å². The van der Waals surface area contributed by atoms with Gasteiger partial charge in [-0.15, -0.1) is 0 Å². The molecule has 0 bridgehead atoms. The predicted octanol–water partition coefficient (Wildman–Crippen LogP) is 0.527. The molecule has 0 aliphatic carbocycles. The summed E-state index contributed by atoms with van der Waals surface area (Å²) in [4.78, 5) is 0. The molecular formula is C5H10O2. The van der Waals surface area contributed by atoms with Crippen LogP contribution in [0.2, 0.25) is 0 Å². The molecule has 1 N–H and O–H groups in total. The minimum absolute atomic E-state index is 0.0476. The van der Waals surface area contributed by atoms with Crippen LogP contribution in [0.15, 0.2) is 12.8 Å². The Hall–Kier alpha value is -0.500. The van der Waals surface area contributed by atoms with E-state index in [0.717, 1.165) is 0 Å². The molecule has 42 valence electrons. The van der Waals surface area contributed by atoms with Crippen LogP contribution in [0.3, 0.4) is 0 Å². The highest BCUT2D eigenvalue weighted by Crippen LogP contribution is 1.85. The Morgan fingerprint density at radius 3 is 2.71 bits per heavy atom. The molecule has 0 fully saturated rings. The zero-order valence-corrected chi connectivity index (χ0v) is 4.42. The first-order chi connectivity index (χ1) is 3.31. The monoisotopic (exact) mass is 102 g/mol. The zero-order chi connectivity index (χ0) is 5.70. The van der Waals surface area contributed by atoms with Gasteiger partial charge in [0.15, 0.2) is 0 Å². The SMILES string of the molecule is C=COC(C)CO. The number of ether oxygens (including phenoxy) is 1. The summed E-state index contributed by atoms with van der Waals surface area (Å²) in [5.41, 5.74) is 0. The van der Waals surface area contributed by atoms with Crippen LogP contribution in [0.5, 0.6) is 0 Å². The van der Waals surface area contributed by atoms with Gasteiger partial charge in [-0.2, -0.15) is 0 Å². The summed E-state index contributed by atoms with van der Waals surface area (Å²) in [6.07, 6.45) is 1.21. The van der Waals surface area contributed by atoms with Gasteiger partial charge in [0.05, 0.1) is 12.9 Å². The molecule has 0 aromatic carbocycles. The van der Waals surface area contributed by atoms with Gasteiger partial charge in [0.1, 0.15) is 6.10 Å². The van der Waals surface area contributed by atoms with Crippen LogP contribution in [0.25, 0.3) is 0 Å². The Morgan fingerprint density at radius 2 is 2.57 bits per heavy atom. The largest absolute Gasteiger partial charge is 0.497 e. The van der Waals surface area contributed by atoms with Crippen molar-refractivity contribution in [2.45, 2.75) is 13.0 Å². The number of hydrogen-bond donors (Lipinski definition) is 1. The average molecular weight is 102 g/mol. The van der Waals surface area contributed by atoms with Gasteiger partial charge in [-0.05, 0) is 6.92 Å². The topological polar surface area (TPSA) is 29.5 Å². The lowest BCUT2D eigenvalue weighted by Gasteiger charge is -2.04. The lowest BCUT2D eigenvalue weighted by Crippen LogP contribution is -2.08. The van der Waals surface area contributed by atoms with E-state index in [9.17, 15) is 0 Å². The Kier molecular flexibility index (Phi) is 3.42. The quantitative estimate of drug-likeness (QED) is 0.526. The fourth-order valence-electron chi connectivity index (χ4n) is 0.207. The lowest BCUT2D eigenvalue weighted by molar-refractivity contribution is 0.0921. The lowest BCUT2D eigenvalue weighted by atomic mass is 10.4. The van der Waals surface area contributed by atoms with Gasteiger partial charge in [0, 0.05) is 0 Å². The van der Waals surface area contributed by atoms with E-state index < -0.39 is 0 Å². The number of aliphatic hydroxyl groups excluding tert-OH is 1. The summed E-state index contributed by atoms with van der Waals surface area (Å²) in [7, 11) is 0. The minimum atomic E-state index is -0.113. The molecular weight excluding hydrogens is 92.1 g/mol. The van der Waals surface area contributed by atoms with Gasteiger partial charge in [-0.3, -0.25) is 0 Å². The Labute approximate surface area is 43.4 Å².